The van der Waals surface area contributed by atoms with Crippen LogP contribution in [-0.4, -0.2) is 27.8 Å². The van der Waals surface area contributed by atoms with Crippen molar-refractivity contribution in [3.63, 3.8) is 0 Å². The molecule has 32 heavy (non-hydrogen) atoms. The molecule has 0 aliphatic heterocycles. The van der Waals surface area contributed by atoms with Gasteiger partial charge in [0, 0.05) is 35.8 Å². The van der Waals surface area contributed by atoms with Crippen molar-refractivity contribution in [3.8, 4) is 11.1 Å². The van der Waals surface area contributed by atoms with Gasteiger partial charge in [0.25, 0.3) is 0 Å². The van der Waals surface area contributed by atoms with Crippen molar-refractivity contribution in [2.24, 2.45) is 22.1 Å². The SMILES string of the molecule is NN=N[C@H]1CC[C@H](Nc2c(C(=O)C3CC3)cnc3ccc(-c4ccnc(F)c4)cc23)CC1. The Morgan fingerprint density at radius 3 is 2.53 bits per heavy atom. The molecule has 0 unspecified atom stereocenters. The molecule has 2 aromatic heterocycles. The smallest absolute Gasteiger partial charge is 0.213 e. The summed E-state index contributed by atoms with van der Waals surface area (Å²) in [6.45, 7) is 0. The average molecular weight is 433 g/mol. The van der Waals surface area contributed by atoms with Crippen molar-refractivity contribution in [1.82, 2.24) is 9.97 Å². The molecule has 0 amide bonds. The fraction of sp³-hybridized carbons (Fsp3) is 0.375. The van der Waals surface area contributed by atoms with Gasteiger partial charge in [0.05, 0.1) is 22.8 Å². The standard InChI is InChI=1S/C24H25FN6O/c25-22-12-16(9-10-27-22)15-3-8-21-19(11-15)23(20(13-28-21)24(32)14-1-2-14)29-17-4-6-18(7-5-17)30-31-26/h3,8-14,17-18H,1-2,4-7H2,(H2,26,30)(H,28,29)/t17-,18-. The zero-order valence-corrected chi connectivity index (χ0v) is 17.7. The minimum absolute atomic E-state index is 0.0907. The average Bonchev–Trinajstić information content (AvgIpc) is 3.66. The highest BCUT2D eigenvalue weighted by molar-refractivity contribution is 6.10. The molecule has 3 N–H and O–H groups in total. The second kappa shape index (κ2) is 8.61. The van der Waals surface area contributed by atoms with Crippen LogP contribution in [-0.2, 0) is 0 Å². The van der Waals surface area contributed by atoms with Gasteiger partial charge < -0.3 is 11.2 Å². The summed E-state index contributed by atoms with van der Waals surface area (Å²) in [5, 5.41) is 12.0. The number of carbonyl (C=O) groups excluding carboxylic acids is 1. The quantitative estimate of drug-likeness (QED) is 0.186. The fourth-order valence-electron chi connectivity index (χ4n) is 4.50. The molecule has 7 nitrogen and oxygen atoms in total. The zero-order chi connectivity index (χ0) is 22.1. The van der Waals surface area contributed by atoms with E-state index in [1.807, 2.05) is 18.2 Å². The number of hydrogen-bond donors (Lipinski definition) is 2. The van der Waals surface area contributed by atoms with E-state index < -0.39 is 5.95 Å². The highest BCUT2D eigenvalue weighted by Crippen LogP contribution is 2.38. The summed E-state index contributed by atoms with van der Waals surface area (Å²) in [5.74, 6) is 4.92. The Morgan fingerprint density at radius 2 is 1.81 bits per heavy atom. The van der Waals surface area contributed by atoms with E-state index >= 15 is 0 Å². The maximum atomic E-state index is 13.7. The first-order valence-electron chi connectivity index (χ1n) is 11.1. The fourth-order valence-corrected chi connectivity index (χ4v) is 4.50. The number of aromatic nitrogens is 2. The number of pyridine rings is 2. The van der Waals surface area contributed by atoms with Gasteiger partial charge in [-0.25, -0.2) is 4.98 Å². The van der Waals surface area contributed by atoms with Crippen LogP contribution < -0.4 is 11.2 Å². The second-order valence-electron chi connectivity index (χ2n) is 8.67. The molecular weight excluding hydrogens is 407 g/mol. The number of rotatable bonds is 6. The van der Waals surface area contributed by atoms with Crippen LogP contribution in [0.5, 0.6) is 0 Å². The molecule has 2 heterocycles. The van der Waals surface area contributed by atoms with Crippen molar-refractivity contribution in [3.05, 3.63) is 54.2 Å². The Morgan fingerprint density at radius 1 is 1.03 bits per heavy atom. The highest BCUT2D eigenvalue weighted by Gasteiger charge is 2.33. The summed E-state index contributed by atoms with van der Waals surface area (Å²) in [4.78, 5) is 21.3. The Kier molecular flexibility index (Phi) is 5.51. The van der Waals surface area contributed by atoms with Gasteiger partial charge in [0.1, 0.15) is 0 Å². The molecule has 2 aliphatic rings. The van der Waals surface area contributed by atoms with Gasteiger partial charge in [-0.3, -0.25) is 9.78 Å². The van der Waals surface area contributed by atoms with Crippen LogP contribution in [0.4, 0.5) is 10.1 Å². The van der Waals surface area contributed by atoms with Crippen molar-refractivity contribution in [2.75, 3.05) is 5.32 Å². The number of hydrogen-bond acceptors (Lipinski definition) is 6. The highest BCUT2D eigenvalue weighted by atomic mass is 19.1. The molecule has 0 atom stereocenters. The third-order valence-corrected chi connectivity index (χ3v) is 6.42. The normalized spacial score (nSPS) is 21.2. The minimum atomic E-state index is -0.525. The van der Waals surface area contributed by atoms with E-state index in [2.05, 4.69) is 25.6 Å². The summed E-state index contributed by atoms with van der Waals surface area (Å²) in [6, 6.07) is 9.38. The number of fused-ring (bicyclic) bond motifs is 1. The third kappa shape index (κ3) is 4.17. The van der Waals surface area contributed by atoms with Crippen LogP contribution in [0.1, 0.15) is 48.9 Å². The first kappa shape index (κ1) is 20.5. The van der Waals surface area contributed by atoms with E-state index in [9.17, 15) is 9.18 Å². The van der Waals surface area contributed by atoms with Gasteiger partial charge in [-0.05, 0) is 67.9 Å². The maximum absolute atomic E-state index is 13.7. The number of nitrogens with zero attached hydrogens (tertiary/aromatic N) is 4. The number of carbonyl (C=O) groups is 1. The van der Waals surface area contributed by atoms with E-state index in [4.69, 9.17) is 5.84 Å². The Balaban J connectivity index is 1.54. The summed E-state index contributed by atoms with van der Waals surface area (Å²) < 4.78 is 13.7. The number of Topliss-reactive ketones (excluding diaryl/α,β-unsaturated/α-hetero) is 1. The first-order valence-corrected chi connectivity index (χ1v) is 11.1. The number of ketones is 1. The van der Waals surface area contributed by atoms with E-state index in [0.717, 1.165) is 66.2 Å². The third-order valence-electron chi connectivity index (χ3n) is 6.42. The summed E-state index contributed by atoms with van der Waals surface area (Å²) in [7, 11) is 0. The number of nitrogens with one attached hydrogen (secondary N) is 1. The van der Waals surface area contributed by atoms with Gasteiger partial charge in [-0.2, -0.15) is 9.50 Å². The molecule has 2 aliphatic carbocycles. The summed E-state index contributed by atoms with van der Waals surface area (Å²) in [6.07, 6.45) is 8.65. The molecule has 1 aromatic carbocycles. The molecular formula is C24H25FN6O. The van der Waals surface area contributed by atoms with Gasteiger partial charge in [0.15, 0.2) is 5.78 Å². The first-order chi connectivity index (χ1) is 15.6. The molecule has 2 fully saturated rings. The van der Waals surface area contributed by atoms with Crippen molar-refractivity contribution >= 4 is 22.4 Å². The summed E-state index contributed by atoms with van der Waals surface area (Å²) in [5.41, 5.74) is 3.85. The number of halogens is 1. The van der Waals surface area contributed by atoms with Crippen LogP contribution in [0.2, 0.25) is 0 Å². The largest absolute Gasteiger partial charge is 0.381 e. The van der Waals surface area contributed by atoms with Crippen molar-refractivity contribution in [1.29, 1.82) is 0 Å². The van der Waals surface area contributed by atoms with Gasteiger partial charge in [0.2, 0.25) is 5.95 Å². The molecule has 8 heteroatoms. The lowest BCUT2D eigenvalue weighted by molar-refractivity contribution is 0.0968. The Hall–Kier alpha value is -3.42. The Bertz CT molecular complexity index is 1180. The van der Waals surface area contributed by atoms with Crippen LogP contribution in [0, 0.1) is 11.9 Å². The lowest BCUT2D eigenvalue weighted by Gasteiger charge is -2.28. The minimum Gasteiger partial charge on any atom is -0.381 e. The van der Waals surface area contributed by atoms with Crippen LogP contribution in [0.15, 0.2) is 53.1 Å². The molecule has 0 bridgehead atoms. The molecule has 0 saturated heterocycles. The van der Waals surface area contributed by atoms with E-state index in [1.54, 1.807) is 12.3 Å². The number of benzene rings is 1. The molecule has 3 aromatic rings. The maximum Gasteiger partial charge on any atom is 0.213 e. The molecule has 5 rings (SSSR count). The number of anilines is 1. The van der Waals surface area contributed by atoms with Crippen molar-refractivity contribution in [2.45, 2.75) is 50.6 Å². The Labute approximate surface area is 185 Å². The van der Waals surface area contributed by atoms with Crippen LogP contribution in [0.25, 0.3) is 22.0 Å². The predicted molar refractivity (Wildman–Crippen MR) is 121 cm³/mol. The van der Waals surface area contributed by atoms with E-state index in [1.165, 1.54) is 12.3 Å². The van der Waals surface area contributed by atoms with E-state index in [0.29, 0.717) is 5.56 Å². The van der Waals surface area contributed by atoms with E-state index in [-0.39, 0.29) is 23.8 Å². The molecule has 0 spiro atoms. The lowest BCUT2D eigenvalue weighted by Crippen LogP contribution is -2.28. The van der Waals surface area contributed by atoms with Gasteiger partial charge in [-0.15, -0.1) is 0 Å². The second-order valence-corrected chi connectivity index (χ2v) is 8.67. The lowest BCUT2D eigenvalue weighted by atomic mass is 9.90. The number of nitrogens with two attached hydrogens (primary N) is 1. The predicted octanol–water partition coefficient (Wildman–Crippen LogP) is 5.08. The monoisotopic (exact) mass is 432 g/mol. The zero-order valence-electron chi connectivity index (χ0n) is 17.7. The van der Waals surface area contributed by atoms with Gasteiger partial charge >= 0.3 is 0 Å². The van der Waals surface area contributed by atoms with Crippen molar-refractivity contribution < 1.29 is 9.18 Å². The molecule has 164 valence electrons. The van der Waals surface area contributed by atoms with Crippen LogP contribution >= 0.6 is 0 Å². The van der Waals surface area contributed by atoms with Gasteiger partial charge in [-0.1, -0.05) is 11.3 Å². The molecule has 0 radical (unpaired) electrons. The topological polar surface area (TPSA) is 106 Å². The van der Waals surface area contributed by atoms with Crippen LogP contribution in [0.3, 0.4) is 0 Å². The summed E-state index contributed by atoms with van der Waals surface area (Å²) >= 11 is 0. The molecule has 2 saturated carbocycles.